The second-order valence-electron chi connectivity index (χ2n) is 7.64. The van der Waals surface area contributed by atoms with E-state index in [4.69, 9.17) is 18.3 Å². The molecule has 0 radical (unpaired) electrons. The normalized spacial score (nSPS) is 13.4. The van der Waals surface area contributed by atoms with Crippen molar-refractivity contribution in [2.24, 2.45) is 0 Å². The van der Waals surface area contributed by atoms with E-state index < -0.39 is 16.6 Å². The summed E-state index contributed by atoms with van der Waals surface area (Å²) in [5, 5.41) is 0. The van der Waals surface area contributed by atoms with Crippen molar-refractivity contribution in [1.82, 2.24) is 0 Å². The molecule has 0 saturated heterocycles. The lowest BCUT2D eigenvalue weighted by Gasteiger charge is -2.23. The molecule has 0 aliphatic carbocycles. The zero-order valence-corrected chi connectivity index (χ0v) is 18.6. The quantitative estimate of drug-likeness (QED) is 0.300. The summed E-state index contributed by atoms with van der Waals surface area (Å²) in [5.74, 6) is 1.13. The van der Waals surface area contributed by atoms with Crippen molar-refractivity contribution >= 4 is 16.6 Å². The monoisotopic (exact) mass is 380 g/mol. The summed E-state index contributed by atoms with van der Waals surface area (Å²) in [7, 11) is -3.56. The maximum atomic E-state index is 6.12. The number of allylic oxidation sites excluding steroid dienone is 1. The zero-order valence-electron chi connectivity index (χ0n) is 16.6. The van der Waals surface area contributed by atoms with Crippen molar-refractivity contribution in [1.29, 1.82) is 0 Å². The fourth-order valence-corrected chi connectivity index (χ4v) is 3.43. The third-order valence-electron chi connectivity index (χ3n) is 2.67. The van der Waals surface area contributed by atoms with Gasteiger partial charge in [-0.3, -0.25) is 0 Å². The molecule has 6 heteroatoms. The maximum absolute atomic E-state index is 6.12. The zero-order chi connectivity index (χ0) is 18.9. The van der Waals surface area contributed by atoms with Crippen LogP contribution in [-0.4, -0.2) is 23.2 Å². The first-order valence-corrected chi connectivity index (χ1v) is 15.5. The first-order valence-electron chi connectivity index (χ1n) is 8.67. The van der Waals surface area contributed by atoms with Gasteiger partial charge in [-0.15, -0.1) is 0 Å². The van der Waals surface area contributed by atoms with Gasteiger partial charge in [0.1, 0.15) is 18.6 Å². The van der Waals surface area contributed by atoms with Crippen LogP contribution < -0.4 is 0 Å². The van der Waals surface area contributed by atoms with Gasteiger partial charge in [-0.05, 0) is 51.8 Å². The summed E-state index contributed by atoms with van der Waals surface area (Å²) in [6.45, 7) is 15.7. The van der Waals surface area contributed by atoms with Crippen molar-refractivity contribution < 1.29 is 18.3 Å². The van der Waals surface area contributed by atoms with Crippen LogP contribution in [0.3, 0.4) is 0 Å². The van der Waals surface area contributed by atoms with Crippen molar-refractivity contribution in [2.75, 3.05) is 6.61 Å². The highest BCUT2D eigenvalue weighted by molar-refractivity contribution is 6.70. The fourth-order valence-electron chi connectivity index (χ4n) is 1.90. The summed E-state index contributed by atoms with van der Waals surface area (Å²) >= 11 is 0. The Labute approximate surface area is 154 Å². The topological polar surface area (TPSA) is 36.9 Å². The molecule has 0 atom stereocenters. The van der Waals surface area contributed by atoms with Crippen LogP contribution in [0.15, 0.2) is 54.4 Å². The molecule has 0 aliphatic rings. The van der Waals surface area contributed by atoms with Gasteiger partial charge < -0.3 is 18.3 Å². The number of benzene rings is 1. The third-order valence-corrected chi connectivity index (χ3v) is 4.33. The van der Waals surface area contributed by atoms with E-state index in [1.54, 1.807) is 12.3 Å². The second kappa shape index (κ2) is 9.72. The van der Waals surface area contributed by atoms with Crippen LogP contribution in [-0.2, 0) is 24.9 Å². The van der Waals surface area contributed by atoms with Crippen LogP contribution in [0.2, 0.25) is 39.3 Å². The van der Waals surface area contributed by atoms with Crippen LogP contribution in [0.25, 0.3) is 0 Å². The van der Waals surface area contributed by atoms with Crippen LogP contribution >= 0.6 is 0 Å². The van der Waals surface area contributed by atoms with E-state index in [0.717, 1.165) is 5.56 Å². The number of ether oxygens (including phenoxy) is 2. The lowest BCUT2D eigenvalue weighted by atomic mass is 10.2. The molecular formula is C19H32O4Si2. The molecule has 0 heterocycles. The summed E-state index contributed by atoms with van der Waals surface area (Å²) in [4.78, 5) is 0. The first-order chi connectivity index (χ1) is 11.6. The van der Waals surface area contributed by atoms with Crippen molar-refractivity contribution in [3.8, 4) is 0 Å². The van der Waals surface area contributed by atoms with Crippen LogP contribution in [0.1, 0.15) is 12.5 Å². The van der Waals surface area contributed by atoms with Crippen molar-refractivity contribution in [3.05, 3.63) is 59.9 Å². The molecule has 140 valence electrons. The van der Waals surface area contributed by atoms with E-state index in [1.165, 1.54) is 0 Å². The molecule has 0 bridgehead atoms. The van der Waals surface area contributed by atoms with Crippen molar-refractivity contribution in [2.45, 2.75) is 52.8 Å². The SMILES string of the molecule is CCO/C(=C\C(=C/OCc1ccccc1)O[Si](C)(C)C)O[Si](C)(C)C. The molecule has 0 aliphatic heterocycles. The van der Waals surface area contributed by atoms with Crippen LogP contribution in [0.4, 0.5) is 0 Å². The van der Waals surface area contributed by atoms with E-state index in [1.807, 2.05) is 37.3 Å². The van der Waals surface area contributed by atoms with E-state index in [0.29, 0.717) is 24.9 Å². The Hall–Kier alpha value is -1.67. The minimum atomic E-state index is -1.79. The van der Waals surface area contributed by atoms with Gasteiger partial charge in [-0.2, -0.15) is 0 Å². The molecule has 1 aromatic carbocycles. The molecule has 0 aromatic heterocycles. The van der Waals surface area contributed by atoms with Gasteiger partial charge in [0.25, 0.3) is 5.95 Å². The molecule has 1 aromatic rings. The fraction of sp³-hybridized carbons (Fsp3) is 0.474. The van der Waals surface area contributed by atoms with Crippen molar-refractivity contribution in [3.63, 3.8) is 0 Å². The number of rotatable bonds is 10. The summed E-state index contributed by atoms with van der Waals surface area (Å²) in [6, 6.07) is 10.0. The summed E-state index contributed by atoms with van der Waals surface area (Å²) in [6.07, 6.45) is 3.45. The van der Waals surface area contributed by atoms with Gasteiger partial charge in [0, 0.05) is 0 Å². The minimum absolute atomic E-state index is 0.492. The predicted octanol–water partition coefficient (Wildman–Crippen LogP) is 5.63. The molecule has 0 saturated carbocycles. The Morgan fingerprint density at radius 2 is 1.52 bits per heavy atom. The largest absolute Gasteiger partial charge is 0.542 e. The second-order valence-corrected chi connectivity index (χ2v) is 16.5. The van der Waals surface area contributed by atoms with E-state index in [9.17, 15) is 0 Å². The van der Waals surface area contributed by atoms with Gasteiger partial charge in [-0.25, -0.2) is 0 Å². The standard InChI is InChI=1S/C19H32O4Si2/c1-8-21-19(23-25(5,6)7)14-18(22-24(2,3)4)16-20-15-17-12-10-9-11-13-17/h9-14,16H,8,15H2,1-7H3/b18-16+,19-14+. The molecular weight excluding hydrogens is 348 g/mol. The average molecular weight is 381 g/mol. The molecule has 25 heavy (non-hydrogen) atoms. The molecule has 0 N–H and O–H groups in total. The lowest BCUT2D eigenvalue weighted by molar-refractivity contribution is 0.110. The Balaban J connectivity index is 2.92. The smallest absolute Gasteiger partial charge is 0.269 e. The van der Waals surface area contributed by atoms with Gasteiger partial charge in [-0.1, -0.05) is 30.3 Å². The van der Waals surface area contributed by atoms with Gasteiger partial charge in [0.2, 0.25) is 16.6 Å². The van der Waals surface area contributed by atoms with Crippen LogP contribution in [0, 0.1) is 0 Å². The number of hydrogen-bond acceptors (Lipinski definition) is 4. The molecule has 1 rings (SSSR count). The van der Waals surface area contributed by atoms with Gasteiger partial charge >= 0.3 is 0 Å². The van der Waals surface area contributed by atoms with Gasteiger partial charge in [0.05, 0.1) is 12.7 Å². The molecule has 0 amide bonds. The number of hydrogen-bond donors (Lipinski definition) is 0. The molecule has 0 unspecified atom stereocenters. The Morgan fingerprint density at radius 3 is 2.04 bits per heavy atom. The summed E-state index contributed by atoms with van der Waals surface area (Å²) < 4.78 is 23.5. The Bertz CT molecular complexity index is 569. The minimum Gasteiger partial charge on any atom is -0.542 e. The summed E-state index contributed by atoms with van der Waals surface area (Å²) in [5.41, 5.74) is 1.11. The Kier molecular flexibility index (Phi) is 8.31. The third kappa shape index (κ3) is 10.7. The van der Waals surface area contributed by atoms with E-state index in [2.05, 4.69) is 39.3 Å². The predicted molar refractivity (Wildman–Crippen MR) is 108 cm³/mol. The lowest BCUT2D eigenvalue weighted by Crippen LogP contribution is -2.27. The van der Waals surface area contributed by atoms with Crippen LogP contribution in [0.5, 0.6) is 0 Å². The molecule has 0 fully saturated rings. The highest BCUT2D eigenvalue weighted by Crippen LogP contribution is 2.18. The highest BCUT2D eigenvalue weighted by atomic mass is 28.4. The molecule has 4 nitrogen and oxygen atoms in total. The highest BCUT2D eigenvalue weighted by Gasteiger charge is 2.21. The molecule has 0 spiro atoms. The first kappa shape index (κ1) is 21.4. The maximum Gasteiger partial charge on any atom is 0.269 e. The van der Waals surface area contributed by atoms with E-state index in [-0.39, 0.29) is 0 Å². The van der Waals surface area contributed by atoms with Gasteiger partial charge in [0.15, 0.2) is 0 Å². The average Bonchev–Trinajstić information content (AvgIpc) is 2.45. The van der Waals surface area contributed by atoms with E-state index >= 15 is 0 Å². The Morgan fingerprint density at radius 1 is 0.920 bits per heavy atom.